The Bertz CT molecular complexity index is 803. The zero-order valence-corrected chi connectivity index (χ0v) is 13.1. The van der Waals surface area contributed by atoms with Crippen molar-refractivity contribution in [3.8, 4) is 0 Å². The molecule has 1 aromatic heterocycles. The number of amides is 1. The number of benzene rings is 1. The van der Waals surface area contributed by atoms with Crippen molar-refractivity contribution in [1.82, 2.24) is 15.1 Å². The van der Waals surface area contributed by atoms with Crippen molar-refractivity contribution in [2.75, 3.05) is 6.54 Å². The van der Waals surface area contributed by atoms with E-state index in [1.54, 1.807) is 6.07 Å². The summed E-state index contributed by atoms with van der Waals surface area (Å²) in [7, 11) is 0. The summed E-state index contributed by atoms with van der Waals surface area (Å²) in [5, 5.41) is 7.55. The number of aromatic amines is 1. The van der Waals surface area contributed by atoms with Crippen LogP contribution in [0.4, 0.5) is 13.2 Å². The number of carbonyl (C=O) groups excluding carboxylic acids is 2. The van der Waals surface area contributed by atoms with Gasteiger partial charge in [-0.3, -0.25) is 9.89 Å². The van der Waals surface area contributed by atoms with Crippen LogP contribution in [0.1, 0.15) is 17.5 Å². The fraction of sp³-hybridized carbons (Fsp3) is 0.400. The maximum Gasteiger partial charge on any atom is 0.406 e. The van der Waals surface area contributed by atoms with Crippen LogP contribution < -0.4 is 0 Å². The lowest BCUT2D eigenvalue weighted by atomic mass is 9.93. The van der Waals surface area contributed by atoms with Crippen LogP contribution in [0.3, 0.4) is 0 Å². The van der Waals surface area contributed by atoms with E-state index in [9.17, 15) is 22.8 Å². The van der Waals surface area contributed by atoms with E-state index in [2.05, 4.69) is 10.2 Å². The second-order valence-electron chi connectivity index (χ2n) is 5.77. The number of carbonyl (C=O) groups is 2. The molecule has 1 amide bonds. The Morgan fingerprint density at radius 2 is 2.21 bits per heavy atom. The van der Waals surface area contributed by atoms with Gasteiger partial charge in [-0.2, -0.15) is 18.3 Å². The summed E-state index contributed by atoms with van der Waals surface area (Å²) < 4.78 is 38.6. The molecule has 0 spiro atoms. The third-order valence-corrected chi connectivity index (χ3v) is 4.42. The molecule has 0 saturated carbocycles. The van der Waals surface area contributed by atoms with Crippen molar-refractivity contribution in [3.05, 3.63) is 28.4 Å². The highest BCUT2D eigenvalue weighted by Gasteiger charge is 2.38. The summed E-state index contributed by atoms with van der Waals surface area (Å²) in [6, 6.07) is 1.62. The van der Waals surface area contributed by atoms with Gasteiger partial charge in [0.05, 0.1) is 16.7 Å². The van der Waals surface area contributed by atoms with E-state index in [4.69, 9.17) is 11.6 Å². The van der Waals surface area contributed by atoms with Crippen molar-refractivity contribution >= 4 is 34.7 Å². The topological polar surface area (TPSA) is 66.1 Å². The normalized spacial score (nSPS) is 18.6. The van der Waals surface area contributed by atoms with Gasteiger partial charge in [-0.25, -0.2) is 0 Å². The first-order chi connectivity index (χ1) is 11.3. The number of halogens is 4. The molecular weight excluding hydrogens is 347 g/mol. The zero-order valence-electron chi connectivity index (χ0n) is 12.4. The standard InChI is InChI=1S/C15H13ClF3N3O2/c16-12-4-9-3-8(1-2-23)14(24)22(7-15(17,18)19)6-11(9)10-5-20-21-13(10)12/h2,4-5,8H,1,3,6-7H2,(H,20,21)/t8-/m1/s1. The van der Waals surface area contributed by atoms with Crippen LogP contribution in [0.25, 0.3) is 10.9 Å². The first-order valence-electron chi connectivity index (χ1n) is 7.22. The van der Waals surface area contributed by atoms with Gasteiger partial charge in [-0.1, -0.05) is 11.6 Å². The van der Waals surface area contributed by atoms with E-state index in [1.807, 2.05) is 0 Å². The summed E-state index contributed by atoms with van der Waals surface area (Å²) in [6.07, 6.45) is -2.45. The van der Waals surface area contributed by atoms with E-state index < -0.39 is 24.5 Å². The third kappa shape index (κ3) is 3.10. The predicted octanol–water partition coefficient (Wildman–Crippen LogP) is 2.87. The Kier molecular flexibility index (Phi) is 4.25. The maximum atomic E-state index is 12.9. The summed E-state index contributed by atoms with van der Waals surface area (Å²) in [6.45, 7) is -1.56. The maximum absolute atomic E-state index is 12.9. The molecule has 5 nitrogen and oxygen atoms in total. The Labute approximate surface area is 139 Å². The van der Waals surface area contributed by atoms with Crippen LogP contribution in [-0.4, -0.2) is 40.0 Å². The van der Waals surface area contributed by atoms with Crippen molar-refractivity contribution in [1.29, 1.82) is 0 Å². The molecule has 1 aliphatic heterocycles. The molecule has 24 heavy (non-hydrogen) atoms. The van der Waals surface area contributed by atoms with Crippen molar-refractivity contribution in [2.45, 2.75) is 25.6 Å². The zero-order chi connectivity index (χ0) is 17.5. The number of hydrogen-bond acceptors (Lipinski definition) is 3. The van der Waals surface area contributed by atoms with E-state index in [0.717, 1.165) is 4.90 Å². The van der Waals surface area contributed by atoms with Crippen LogP contribution in [0.15, 0.2) is 12.3 Å². The largest absolute Gasteiger partial charge is 0.406 e. The van der Waals surface area contributed by atoms with Gasteiger partial charge in [0, 0.05) is 24.3 Å². The SMILES string of the molecule is O=CC[C@@H]1Cc2cc(Cl)c3[nH]ncc3c2CN(CC(F)(F)F)C1=O. The molecule has 0 radical (unpaired) electrons. The number of aromatic nitrogens is 2. The average molecular weight is 360 g/mol. The number of nitrogens with zero attached hydrogens (tertiary/aromatic N) is 2. The Morgan fingerprint density at radius 1 is 1.46 bits per heavy atom. The van der Waals surface area contributed by atoms with E-state index >= 15 is 0 Å². The third-order valence-electron chi connectivity index (χ3n) is 4.12. The van der Waals surface area contributed by atoms with Gasteiger partial charge >= 0.3 is 6.18 Å². The Balaban J connectivity index is 2.11. The molecule has 1 N–H and O–H groups in total. The van der Waals surface area contributed by atoms with Gasteiger partial charge in [-0.15, -0.1) is 0 Å². The number of H-pyrrole nitrogens is 1. The highest BCUT2D eigenvalue weighted by atomic mass is 35.5. The molecule has 9 heteroatoms. The number of rotatable bonds is 3. The van der Waals surface area contributed by atoms with Crippen molar-refractivity contribution < 1.29 is 22.8 Å². The molecule has 128 valence electrons. The fourth-order valence-corrected chi connectivity index (χ4v) is 3.36. The molecule has 0 fully saturated rings. The smallest absolute Gasteiger partial charge is 0.329 e. The lowest BCUT2D eigenvalue weighted by Gasteiger charge is -2.25. The van der Waals surface area contributed by atoms with Gasteiger partial charge in [-0.05, 0) is 23.6 Å². The minimum atomic E-state index is -4.52. The average Bonchev–Trinajstić information content (AvgIpc) is 2.93. The fourth-order valence-electron chi connectivity index (χ4n) is 3.08. The van der Waals surface area contributed by atoms with Crippen LogP contribution in [0.5, 0.6) is 0 Å². The molecule has 0 bridgehead atoms. The minimum Gasteiger partial charge on any atom is -0.329 e. The molecule has 0 saturated heterocycles. The van der Waals surface area contributed by atoms with E-state index in [0.29, 0.717) is 33.3 Å². The number of fused-ring (bicyclic) bond motifs is 3. The van der Waals surface area contributed by atoms with Crippen molar-refractivity contribution in [2.24, 2.45) is 5.92 Å². The van der Waals surface area contributed by atoms with Crippen LogP contribution in [0, 0.1) is 5.92 Å². The van der Waals surface area contributed by atoms with E-state index in [-0.39, 0.29) is 19.4 Å². The highest BCUT2D eigenvalue weighted by molar-refractivity contribution is 6.35. The van der Waals surface area contributed by atoms with Gasteiger partial charge in [0.15, 0.2) is 0 Å². The second-order valence-corrected chi connectivity index (χ2v) is 6.17. The Hall–Kier alpha value is -2.09. The number of alkyl halides is 3. The summed E-state index contributed by atoms with van der Waals surface area (Å²) in [5.74, 6) is -1.50. The summed E-state index contributed by atoms with van der Waals surface area (Å²) >= 11 is 6.17. The lowest BCUT2D eigenvalue weighted by molar-refractivity contribution is -0.164. The highest BCUT2D eigenvalue weighted by Crippen LogP contribution is 2.34. The molecule has 1 atom stereocenters. The molecule has 2 aromatic rings. The number of aldehydes is 1. The predicted molar refractivity (Wildman–Crippen MR) is 80.5 cm³/mol. The molecule has 0 unspecified atom stereocenters. The first kappa shape index (κ1) is 16.8. The van der Waals surface area contributed by atoms with Crippen LogP contribution in [-0.2, 0) is 22.6 Å². The van der Waals surface area contributed by atoms with Gasteiger partial charge < -0.3 is 9.69 Å². The van der Waals surface area contributed by atoms with Crippen molar-refractivity contribution in [3.63, 3.8) is 0 Å². The minimum absolute atomic E-state index is 0.131. The molecule has 1 aromatic carbocycles. The van der Waals surface area contributed by atoms with E-state index in [1.165, 1.54) is 6.20 Å². The second kappa shape index (κ2) is 6.08. The number of nitrogens with one attached hydrogen (secondary N) is 1. The van der Waals surface area contributed by atoms with Gasteiger partial charge in [0.2, 0.25) is 5.91 Å². The van der Waals surface area contributed by atoms with Crippen LogP contribution >= 0.6 is 11.6 Å². The first-order valence-corrected chi connectivity index (χ1v) is 7.60. The van der Waals surface area contributed by atoms with Gasteiger partial charge in [0.25, 0.3) is 0 Å². The molecule has 2 heterocycles. The van der Waals surface area contributed by atoms with Gasteiger partial charge in [0.1, 0.15) is 12.8 Å². The monoisotopic (exact) mass is 359 g/mol. The molecule has 3 rings (SSSR count). The molecular formula is C15H13ClF3N3O2. The summed E-state index contributed by atoms with van der Waals surface area (Å²) in [4.78, 5) is 24.0. The quantitative estimate of drug-likeness (QED) is 0.857. The summed E-state index contributed by atoms with van der Waals surface area (Å²) in [5.41, 5.74) is 1.76. The molecule has 1 aliphatic rings. The lowest BCUT2D eigenvalue weighted by Crippen LogP contribution is -2.41. The van der Waals surface area contributed by atoms with Crippen LogP contribution in [0.2, 0.25) is 5.02 Å². The Morgan fingerprint density at radius 3 is 2.88 bits per heavy atom. The number of hydrogen-bond donors (Lipinski definition) is 1. The molecule has 0 aliphatic carbocycles.